The number of carboxylic acid groups (broad SMARTS) is 2. The van der Waals surface area contributed by atoms with Crippen LogP contribution >= 0.6 is 0 Å². The summed E-state index contributed by atoms with van der Waals surface area (Å²) in [5.41, 5.74) is 5.77. The van der Waals surface area contributed by atoms with Crippen molar-refractivity contribution in [1.29, 1.82) is 0 Å². The van der Waals surface area contributed by atoms with E-state index in [2.05, 4.69) is 10.6 Å². The van der Waals surface area contributed by atoms with Crippen LogP contribution in [0.4, 0.5) is 0 Å². The van der Waals surface area contributed by atoms with Crippen LogP contribution in [0.5, 0.6) is 0 Å². The highest BCUT2D eigenvalue weighted by Crippen LogP contribution is 2.06. The number of rotatable bonds is 13. The molecule has 0 aliphatic carbocycles. The number of nitrogens with two attached hydrogens (primary N) is 1. The lowest BCUT2D eigenvalue weighted by molar-refractivity contribution is -0.144. The number of hydrogen-bond donors (Lipinski definition) is 8. The van der Waals surface area contributed by atoms with Gasteiger partial charge in [-0.2, -0.15) is 0 Å². The number of aliphatic carboxylic acids is 2. The van der Waals surface area contributed by atoms with Crippen LogP contribution in [-0.2, 0) is 24.0 Å². The second-order valence-electron chi connectivity index (χ2n) is 6.88. The average molecular weight is 434 g/mol. The zero-order valence-electron chi connectivity index (χ0n) is 17.0. The maximum Gasteiger partial charge on any atom is 0.328 e. The summed E-state index contributed by atoms with van der Waals surface area (Å²) in [4.78, 5) is 58.9. The van der Waals surface area contributed by atoms with Gasteiger partial charge in [-0.05, 0) is 12.8 Å². The highest BCUT2D eigenvalue weighted by Gasteiger charge is 2.33. The molecule has 13 nitrogen and oxygen atoms in total. The lowest BCUT2D eigenvalue weighted by atomic mass is 9.99. The quantitative estimate of drug-likeness (QED) is 0.144. The van der Waals surface area contributed by atoms with Crippen molar-refractivity contribution in [3.8, 4) is 0 Å². The van der Waals surface area contributed by atoms with Crippen molar-refractivity contribution < 1.29 is 44.4 Å². The van der Waals surface area contributed by atoms with Crippen molar-refractivity contribution in [3.63, 3.8) is 0 Å². The molecule has 0 aromatic heterocycles. The van der Waals surface area contributed by atoms with E-state index in [0.29, 0.717) is 6.42 Å². The van der Waals surface area contributed by atoms with Gasteiger partial charge in [-0.3, -0.25) is 19.2 Å². The fraction of sp³-hybridized carbons (Fsp3) is 0.706. The van der Waals surface area contributed by atoms with Gasteiger partial charge in [0.1, 0.15) is 18.1 Å². The Bertz CT molecular complexity index is 641. The summed E-state index contributed by atoms with van der Waals surface area (Å²) in [5, 5.41) is 42.9. The SMILES string of the molecule is CCC(C)C(N)C(=O)NC(CC(=O)O)C(=O)NC(C(=O)NC(CO)C(=O)O)C(C)O. The smallest absolute Gasteiger partial charge is 0.328 e. The third-order valence-corrected chi connectivity index (χ3v) is 4.43. The van der Waals surface area contributed by atoms with Crippen LogP contribution in [0.1, 0.15) is 33.6 Å². The maximum absolute atomic E-state index is 12.5. The molecule has 3 amide bonds. The Labute approximate surface area is 173 Å². The molecule has 0 saturated heterocycles. The van der Waals surface area contributed by atoms with Crippen molar-refractivity contribution in [2.75, 3.05) is 6.61 Å². The number of aliphatic hydroxyl groups excluding tert-OH is 2. The molecule has 0 heterocycles. The highest BCUT2D eigenvalue weighted by atomic mass is 16.4. The van der Waals surface area contributed by atoms with Crippen molar-refractivity contribution >= 4 is 29.7 Å². The molecule has 6 atom stereocenters. The molecule has 30 heavy (non-hydrogen) atoms. The lowest BCUT2D eigenvalue weighted by Crippen LogP contribution is -2.60. The van der Waals surface area contributed by atoms with Crippen LogP contribution in [0.15, 0.2) is 0 Å². The standard InChI is InChI=1S/C17H30N4O9/c1-4-7(2)12(18)15(27)19-9(5-11(24)25)14(26)21-13(8(3)23)16(28)20-10(6-22)17(29)30/h7-10,12-13,22-23H,4-6,18H2,1-3H3,(H,19,27)(H,20,28)(H,21,26)(H,24,25)(H,29,30). The molecule has 0 spiro atoms. The van der Waals surface area contributed by atoms with Gasteiger partial charge in [0, 0.05) is 0 Å². The van der Waals surface area contributed by atoms with Crippen molar-refractivity contribution in [2.24, 2.45) is 11.7 Å². The first kappa shape index (κ1) is 27.2. The Balaban J connectivity index is 5.40. The molecule has 9 N–H and O–H groups in total. The first-order valence-electron chi connectivity index (χ1n) is 9.25. The first-order valence-corrected chi connectivity index (χ1v) is 9.25. The summed E-state index contributed by atoms with van der Waals surface area (Å²) >= 11 is 0. The monoisotopic (exact) mass is 434 g/mol. The van der Waals surface area contributed by atoms with Gasteiger partial charge in [-0.25, -0.2) is 4.79 Å². The number of carboxylic acids is 2. The fourth-order valence-corrected chi connectivity index (χ4v) is 2.27. The summed E-state index contributed by atoms with van der Waals surface area (Å²) in [6.07, 6.45) is -1.77. The van der Waals surface area contributed by atoms with Gasteiger partial charge < -0.3 is 42.1 Å². The van der Waals surface area contributed by atoms with E-state index in [0.717, 1.165) is 6.92 Å². The van der Waals surface area contributed by atoms with Crippen LogP contribution in [0.25, 0.3) is 0 Å². The topological polar surface area (TPSA) is 228 Å². The second-order valence-corrected chi connectivity index (χ2v) is 6.88. The molecular formula is C17H30N4O9. The molecule has 13 heteroatoms. The van der Waals surface area contributed by atoms with Gasteiger partial charge in [0.15, 0.2) is 0 Å². The third-order valence-electron chi connectivity index (χ3n) is 4.43. The van der Waals surface area contributed by atoms with E-state index in [9.17, 15) is 29.1 Å². The molecule has 172 valence electrons. The Morgan fingerprint density at radius 1 is 0.900 bits per heavy atom. The molecule has 0 aromatic rings. The Morgan fingerprint density at radius 2 is 1.43 bits per heavy atom. The molecule has 0 bridgehead atoms. The Kier molecular flexibility index (Phi) is 11.5. The fourth-order valence-electron chi connectivity index (χ4n) is 2.27. The minimum Gasteiger partial charge on any atom is -0.481 e. The number of nitrogens with one attached hydrogen (secondary N) is 3. The zero-order valence-corrected chi connectivity index (χ0v) is 17.0. The normalized spacial score (nSPS) is 16.9. The first-order chi connectivity index (χ1) is 13.8. The van der Waals surface area contributed by atoms with Crippen LogP contribution in [-0.4, -0.2) is 87.0 Å². The zero-order chi connectivity index (χ0) is 23.6. The molecule has 0 aliphatic rings. The number of hydrogen-bond acceptors (Lipinski definition) is 8. The maximum atomic E-state index is 12.5. The van der Waals surface area contributed by atoms with Crippen molar-refractivity contribution in [2.45, 2.75) is 63.9 Å². The predicted molar refractivity (Wildman–Crippen MR) is 102 cm³/mol. The van der Waals surface area contributed by atoms with Gasteiger partial charge in [0.2, 0.25) is 17.7 Å². The van der Waals surface area contributed by atoms with E-state index in [1.165, 1.54) is 0 Å². The summed E-state index contributed by atoms with van der Waals surface area (Å²) in [6, 6.07) is -5.97. The number of aliphatic hydroxyl groups is 2. The van der Waals surface area contributed by atoms with Gasteiger partial charge in [-0.1, -0.05) is 20.3 Å². The van der Waals surface area contributed by atoms with E-state index in [1.807, 2.05) is 5.32 Å². The number of carbonyl (C=O) groups excluding carboxylic acids is 3. The summed E-state index contributed by atoms with van der Waals surface area (Å²) in [7, 11) is 0. The van der Waals surface area contributed by atoms with Crippen molar-refractivity contribution in [1.82, 2.24) is 16.0 Å². The molecule has 6 unspecified atom stereocenters. The minimum atomic E-state index is -1.68. The third kappa shape index (κ3) is 8.71. The van der Waals surface area contributed by atoms with Gasteiger partial charge in [-0.15, -0.1) is 0 Å². The number of amides is 3. The van der Waals surface area contributed by atoms with Crippen LogP contribution in [0.2, 0.25) is 0 Å². The molecule has 0 fully saturated rings. The van der Waals surface area contributed by atoms with E-state index < -0.39 is 73.0 Å². The molecular weight excluding hydrogens is 404 g/mol. The summed E-state index contributed by atoms with van der Waals surface area (Å²) in [6.45, 7) is 3.68. The van der Waals surface area contributed by atoms with E-state index >= 15 is 0 Å². The minimum absolute atomic E-state index is 0.249. The average Bonchev–Trinajstić information content (AvgIpc) is 2.66. The second kappa shape index (κ2) is 12.7. The van der Waals surface area contributed by atoms with E-state index in [1.54, 1.807) is 13.8 Å². The van der Waals surface area contributed by atoms with Crippen LogP contribution < -0.4 is 21.7 Å². The Morgan fingerprint density at radius 3 is 1.83 bits per heavy atom. The Hall–Kier alpha value is -2.77. The van der Waals surface area contributed by atoms with E-state index in [-0.39, 0.29) is 5.92 Å². The van der Waals surface area contributed by atoms with Gasteiger partial charge in [0.05, 0.1) is 25.2 Å². The largest absolute Gasteiger partial charge is 0.481 e. The molecule has 0 radical (unpaired) electrons. The summed E-state index contributed by atoms with van der Waals surface area (Å²) in [5.74, 6) is -6.21. The highest BCUT2D eigenvalue weighted by molar-refractivity contribution is 5.95. The van der Waals surface area contributed by atoms with Crippen LogP contribution in [0, 0.1) is 5.92 Å². The predicted octanol–water partition coefficient (Wildman–Crippen LogP) is -3.25. The van der Waals surface area contributed by atoms with E-state index in [4.69, 9.17) is 21.1 Å². The molecule has 0 aliphatic heterocycles. The summed E-state index contributed by atoms with van der Waals surface area (Å²) < 4.78 is 0. The van der Waals surface area contributed by atoms with Gasteiger partial charge in [0.25, 0.3) is 0 Å². The van der Waals surface area contributed by atoms with Gasteiger partial charge >= 0.3 is 11.9 Å². The number of carbonyl (C=O) groups is 5. The molecule has 0 aromatic carbocycles. The molecule has 0 saturated carbocycles. The molecule has 0 rings (SSSR count). The van der Waals surface area contributed by atoms with Crippen molar-refractivity contribution in [3.05, 3.63) is 0 Å². The lowest BCUT2D eigenvalue weighted by Gasteiger charge is -2.26. The van der Waals surface area contributed by atoms with Crippen LogP contribution in [0.3, 0.4) is 0 Å².